The molecule has 0 aromatic heterocycles. The third kappa shape index (κ3) is 7.50. The van der Waals surface area contributed by atoms with Crippen LogP contribution in [0.2, 0.25) is 0 Å². The van der Waals surface area contributed by atoms with E-state index in [1.807, 2.05) is 36.4 Å². The summed E-state index contributed by atoms with van der Waals surface area (Å²) in [5.74, 6) is 1.72. The highest BCUT2D eigenvalue weighted by Crippen LogP contribution is 2.23. The molecule has 0 spiro atoms. The van der Waals surface area contributed by atoms with E-state index in [1.54, 1.807) is 0 Å². The second-order valence-corrected chi connectivity index (χ2v) is 6.96. The fourth-order valence-corrected chi connectivity index (χ4v) is 3.12. The van der Waals surface area contributed by atoms with E-state index in [4.69, 9.17) is 21.6 Å². The van der Waals surface area contributed by atoms with Gasteiger partial charge in [0.1, 0.15) is 5.75 Å². The van der Waals surface area contributed by atoms with Crippen molar-refractivity contribution in [2.75, 3.05) is 12.5 Å². The second-order valence-electron chi connectivity index (χ2n) is 6.58. The van der Waals surface area contributed by atoms with E-state index in [-0.39, 0.29) is 0 Å². The van der Waals surface area contributed by atoms with Gasteiger partial charge in [0.05, 0.1) is 18.2 Å². The Morgan fingerprint density at radius 1 is 0.692 bits per heavy atom. The van der Waals surface area contributed by atoms with Crippen molar-refractivity contribution in [3.05, 3.63) is 54.1 Å². The Labute approximate surface area is 162 Å². The normalized spacial score (nSPS) is 10.5. The number of nitrogens with zero attached hydrogens (tertiary/aromatic N) is 1. The van der Waals surface area contributed by atoms with Crippen LogP contribution in [-0.2, 0) is 0 Å². The standard InChI is InChI=1S/C23H28ClNO/c24-17-7-5-3-1-2-4-6-8-18-26-23-15-13-22(14-16-23)21-11-9-20(19-25)10-12-21/h9-16H,1-8,17-18H2. The van der Waals surface area contributed by atoms with Crippen molar-refractivity contribution in [3.8, 4) is 22.9 Å². The molecule has 26 heavy (non-hydrogen) atoms. The van der Waals surface area contributed by atoms with Crippen molar-refractivity contribution in [2.45, 2.75) is 51.4 Å². The first kappa shape index (κ1) is 20.3. The van der Waals surface area contributed by atoms with Crippen LogP contribution in [0.15, 0.2) is 48.5 Å². The average molecular weight is 370 g/mol. The zero-order valence-electron chi connectivity index (χ0n) is 15.4. The van der Waals surface area contributed by atoms with Crippen molar-refractivity contribution in [1.82, 2.24) is 0 Å². The molecule has 0 radical (unpaired) electrons. The fraction of sp³-hybridized carbons (Fsp3) is 0.435. The lowest BCUT2D eigenvalue weighted by atomic mass is 10.0. The Balaban J connectivity index is 1.61. The molecule has 2 aromatic carbocycles. The van der Waals surface area contributed by atoms with Gasteiger partial charge in [-0.1, -0.05) is 62.8 Å². The quantitative estimate of drug-likeness (QED) is 0.299. The van der Waals surface area contributed by atoms with Crippen LogP contribution < -0.4 is 4.74 Å². The number of hydrogen-bond acceptors (Lipinski definition) is 2. The fourth-order valence-electron chi connectivity index (χ4n) is 2.93. The second kappa shape index (κ2) is 12.4. The maximum atomic E-state index is 8.86. The van der Waals surface area contributed by atoms with Gasteiger partial charge in [0.15, 0.2) is 0 Å². The van der Waals surface area contributed by atoms with Crippen LogP contribution in [-0.4, -0.2) is 12.5 Å². The lowest BCUT2D eigenvalue weighted by Crippen LogP contribution is -1.97. The highest BCUT2D eigenvalue weighted by molar-refractivity contribution is 6.17. The molecular weight excluding hydrogens is 342 g/mol. The Hall–Kier alpha value is -1.98. The molecule has 0 atom stereocenters. The van der Waals surface area contributed by atoms with E-state index in [0.29, 0.717) is 5.56 Å². The van der Waals surface area contributed by atoms with Gasteiger partial charge >= 0.3 is 0 Å². The number of unbranched alkanes of at least 4 members (excludes halogenated alkanes) is 7. The Bertz CT molecular complexity index is 658. The molecule has 2 aromatic rings. The van der Waals surface area contributed by atoms with Crippen molar-refractivity contribution in [1.29, 1.82) is 5.26 Å². The van der Waals surface area contributed by atoms with E-state index < -0.39 is 0 Å². The van der Waals surface area contributed by atoms with Gasteiger partial charge in [0.25, 0.3) is 0 Å². The molecule has 0 unspecified atom stereocenters. The lowest BCUT2D eigenvalue weighted by molar-refractivity contribution is 0.304. The van der Waals surface area contributed by atoms with E-state index in [9.17, 15) is 0 Å². The minimum atomic E-state index is 0.684. The summed E-state index contributed by atoms with van der Waals surface area (Å²) < 4.78 is 5.84. The van der Waals surface area contributed by atoms with Gasteiger partial charge in [-0.05, 0) is 48.2 Å². The van der Waals surface area contributed by atoms with Crippen molar-refractivity contribution in [3.63, 3.8) is 0 Å². The lowest BCUT2D eigenvalue weighted by Gasteiger charge is -2.08. The molecule has 0 aliphatic rings. The van der Waals surface area contributed by atoms with E-state index in [2.05, 4.69) is 18.2 Å². The van der Waals surface area contributed by atoms with Gasteiger partial charge in [0.2, 0.25) is 0 Å². The Kier molecular flexibility index (Phi) is 9.69. The van der Waals surface area contributed by atoms with E-state index in [1.165, 1.54) is 38.5 Å². The SMILES string of the molecule is N#Cc1ccc(-c2ccc(OCCCCCCCCCCCl)cc2)cc1. The topological polar surface area (TPSA) is 33.0 Å². The monoisotopic (exact) mass is 369 g/mol. The molecule has 0 amide bonds. The zero-order valence-corrected chi connectivity index (χ0v) is 16.2. The van der Waals surface area contributed by atoms with Crippen molar-refractivity contribution < 1.29 is 4.74 Å². The summed E-state index contributed by atoms with van der Waals surface area (Å²) in [4.78, 5) is 0. The predicted molar refractivity (Wildman–Crippen MR) is 110 cm³/mol. The minimum Gasteiger partial charge on any atom is -0.494 e. The highest BCUT2D eigenvalue weighted by atomic mass is 35.5. The zero-order chi connectivity index (χ0) is 18.5. The minimum absolute atomic E-state index is 0.684. The Morgan fingerprint density at radius 2 is 1.19 bits per heavy atom. The van der Waals surface area contributed by atoms with Crippen LogP contribution in [0.4, 0.5) is 0 Å². The van der Waals surface area contributed by atoms with Crippen LogP contribution in [0.1, 0.15) is 56.9 Å². The molecule has 138 valence electrons. The number of ether oxygens (including phenoxy) is 1. The summed E-state index contributed by atoms with van der Waals surface area (Å²) in [7, 11) is 0. The first-order valence-electron chi connectivity index (χ1n) is 9.63. The molecule has 0 bridgehead atoms. The predicted octanol–water partition coefficient (Wildman–Crippen LogP) is 6.96. The van der Waals surface area contributed by atoms with E-state index >= 15 is 0 Å². The molecule has 2 nitrogen and oxygen atoms in total. The third-order valence-electron chi connectivity index (χ3n) is 4.50. The molecule has 3 heteroatoms. The van der Waals surface area contributed by atoms with Gasteiger partial charge in [0, 0.05) is 5.88 Å². The van der Waals surface area contributed by atoms with Crippen LogP contribution in [0, 0.1) is 11.3 Å². The van der Waals surface area contributed by atoms with Gasteiger partial charge in [-0.2, -0.15) is 5.26 Å². The third-order valence-corrected chi connectivity index (χ3v) is 4.77. The molecule has 0 aliphatic heterocycles. The van der Waals surface area contributed by atoms with Crippen LogP contribution >= 0.6 is 11.6 Å². The summed E-state index contributed by atoms with van der Waals surface area (Å²) >= 11 is 5.68. The number of rotatable bonds is 12. The van der Waals surface area contributed by atoms with Gasteiger partial charge in [-0.25, -0.2) is 0 Å². The number of halogens is 1. The summed E-state index contributed by atoms with van der Waals surface area (Å²) in [6.45, 7) is 0.780. The maximum Gasteiger partial charge on any atom is 0.119 e. The van der Waals surface area contributed by atoms with Crippen LogP contribution in [0.25, 0.3) is 11.1 Å². The maximum absolute atomic E-state index is 8.86. The van der Waals surface area contributed by atoms with E-state index in [0.717, 1.165) is 42.2 Å². The summed E-state index contributed by atoms with van der Waals surface area (Å²) in [6.07, 6.45) is 10.0. The molecular formula is C23H28ClNO. The highest BCUT2D eigenvalue weighted by Gasteiger charge is 2.00. The van der Waals surface area contributed by atoms with Gasteiger partial charge < -0.3 is 4.74 Å². The molecule has 0 N–H and O–H groups in total. The van der Waals surface area contributed by atoms with Crippen LogP contribution in [0.3, 0.4) is 0 Å². The molecule has 0 saturated carbocycles. The van der Waals surface area contributed by atoms with Gasteiger partial charge in [-0.3, -0.25) is 0 Å². The number of benzene rings is 2. The molecule has 0 saturated heterocycles. The molecule has 0 aliphatic carbocycles. The summed E-state index contributed by atoms with van der Waals surface area (Å²) in [5, 5.41) is 8.86. The summed E-state index contributed by atoms with van der Waals surface area (Å²) in [5.41, 5.74) is 2.93. The molecule has 2 rings (SSSR count). The number of nitriles is 1. The largest absolute Gasteiger partial charge is 0.494 e. The van der Waals surface area contributed by atoms with Gasteiger partial charge in [-0.15, -0.1) is 11.6 Å². The first-order chi connectivity index (χ1) is 12.8. The van der Waals surface area contributed by atoms with Crippen molar-refractivity contribution >= 4 is 11.6 Å². The Morgan fingerprint density at radius 3 is 1.73 bits per heavy atom. The first-order valence-corrected chi connectivity index (χ1v) is 10.2. The van der Waals surface area contributed by atoms with Crippen LogP contribution in [0.5, 0.6) is 5.75 Å². The number of hydrogen-bond donors (Lipinski definition) is 0. The summed E-state index contributed by atoms with van der Waals surface area (Å²) in [6, 6.07) is 18.0. The van der Waals surface area contributed by atoms with Crippen molar-refractivity contribution in [2.24, 2.45) is 0 Å². The average Bonchev–Trinajstić information content (AvgIpc) is 2.70. The number of alkyl halides is 1. The smallest absolute Gasteiger partial charge is 0.119 e. The molecule has 0 fully saturated rings. The molecule has 0 heterocycles.